The number of H-pyrrole nitrogens is 1. The van der Waals surface area contributed by atoms with Gasteiger partial charge in [-0.25, -0.2) is 9.78 Å². The van der Waals surface area contributed by atoms with Gasteiger partial charge in [-0.3, -0.25) is 5.10 Å². The molecule has 7 nitrogen and oxygen atoms in total. The van der Waals surface area contributed by atoms with Crippen LogP contribution in [0, 0.1) is 11.3 Å². The number of carboxylic acid groups (broad SMARTS) is 1. The Bertz CT molecular complexity index is 1360. The zero-order chi connectivity index (χ0) is 22.5. The topological polar surface area (TPSA) is 112 Å². The molecule has 0 saturated carbocycles. The first-order chi connectivity index (χ1) is 15.5. The molecule has 0 spiro atoms. The number of hydrogen-bond donors (Lipinski definition) is 2. The number of aromatic nitrogens is 3. The highest BCUT2D eigenvalue weighted by molar-refractivity contribution is 8.04. The molecule has 0 aliphatic rings. The van der Waals surface area contributed by atoms with E-state index >= 15 is 0 Å². The number of hydrogen-bond acceptors (Lipinski definition) is 6. The second kappa shape index (κ2) is 9.56. The Morgan fingerprint density at radius 1 is 1.19 bits per heavy atom. The molecule has 1 heterocycles. The van der Waals surface area contributed by atoms with Crippen LogP contribution in [-0.4, -0.2) is 32.9 Å². The van der Waals surface area contributed by atoms with Gasteiger partial charge in [-0.2, -0.15) is 5.26 Å². The Hall–Kier alpha value is -3.80. The number of nitrogens with one attached hydrogen (secondary N) is 1. The number of carboxylic acids is 1. The lowest BCUT2D eigenvalue weighted by molar-refractivity contribution is -0.131. The summed E-state index contributed by atoms with van der Waals surface area (Å²) in [7, 11) is 0. The normalized spacial score (nSPS) is 11.3. The van der Waals surface area contributed by atoms with E-state index in [1.54, 1.807) is 30.3 Å². The van der Waals surface area contributed by atoms with Crippen molar-refractivity contribution in [3.05, 3.63) is 76.2 Å². The van der Waals surface area contributed by atoms with Crippen LogP contribution in [0.5, 0.6) is 5.75 Å². The summed E-state index contributed by atoms with van der Waals surface area (Å²) >= 11 is 6.83. The van der Waals surface area contributed by atoms with Crippen LogP contribution in [0.3, 0.4) is 0 Å². The second-order valence-corrected chi connectivity index (χ2v) is 7.98. The number of nitriles is 1. The van der Waals surface area contributed by atoms with Crippen molar-refractivity contribution in [2.45, 2.75) is 5.16 Å². The fourth-order valence-corrected chi connectivity index (χ4v) is 3.87. The van der Waals surface area contributed by atoms with E-state index in [4.69, 9.17) is 21.6 Å². The summed E-state index contributed by atoms with van der Waals surface area (Å²) < 4.78 is 5.54. The fourth-order valence-electron chi connectivity index (χ4n) is 3.05. The SMILES string of the molecule is N#CCOc1ccc2ccccc2c1/C=C(\Sc1n[nH]c(-c2ccc(Cl)cc2)n1)C(=O)O. The van der Waals surface area contributed by atoms with Crippen LogP contribution in [0.1, 0.15) is 5.56 Å². The van der Waals surface area contributed by atoms with Gasteiger partial charge in [-0.1, -0.05) is 41.9 Å². The minimum atomic E-state index is -1.13. The summed E-state index contributed by atoms with van der Waals surface area (Å²) in [6.07, 6.45) is 1.51. The molecule has 0 aliphatic heterocycles. The Morgan fingerprint density at radius 3 is 2.72 bits per heavy atom. The molecule has 0 fully saturated rings. The maximum atomic E-state index is 12.0. The first kappa shape index (κ1) is 21.4. The first-order valence-corrected chi connectivity index (χ1v) is 10.6. The maximum Gasteiger partial charge on any atom is 0.342 e. The average Bonchev–Trinajstić information content (AvgIpc) is 3.27. The number of fused-ring (bicyclic) bond motifs is 1. The monoisotopic (exact) mass is 462 g/mol. The quantitative estimate of drug-likeness (QED) is 0.279. The Kier molecular flexibility index (Phi) is 6.40. The number of ether oxygens (including phenoxy) is 1. The number of aromatic amines is 1. The molecule has 158 valence electrons. The molecule has 4 rings (SSSR count). The van der Waals surface area contributed by atoms with E-state index in [2.05, 4.69) is 15.2 Å². The second-order valence-electron chi connectivity index (χ2n) is 6.53. The number of nitrogens with zero attached hydrogens (tertiary/aromatic N) is 3. The van der Waals surface area contributed by atoms with E-state index in [0.717, 1.165) is 28.1 Å². The molecular formula is C23H15ClN4O3S. The van der Waals surface area contributed by atoms with Crippen molar-refractivity contribution in [1.82, 2.24) is 15.2 Å². The third kappa shape index (κ3) is 4.75. The van der Waals surface area contributed by atoms with E-state index in [1.165, 1.54) is 6.08 Å². The zero-order valence-electron chi connectivity index (χ0n) is 16.4. The van der Waals surface area contributed by atoms with E-state index in [1.807, 2.05) is 36.4 Å². The molecule has 0 bridgehead atoms. The molecule has 0 saturated heterocycles. The minimum Gasteiger partial charge on any atom is -0.478 e. The number of halogens is 1. The van der Waals surface area contributed by atoms with Crippen molar-refractivity contribution in [2.24, 2.45) is 0 Å². The van der Waals surface area contributed by atoms with Gasteiger partial charge >= 0.3 is 5.97 Å². The maximum absolute atomic E-state index is 12.0. The van der Waals surface area contributed by atoms with Crippen LogP contribution in [0.4, 0.5) is 0 Å². The highest BCUT2D eigenvalue weighted by Gasteiger charge is 2.17. The van der Waals surface area contributed by atoms with Crippen LogP contribution in [0.25, 0.3) is 28.2 Å². The zero-order valence-corrected chi connectivity index (χ0v) is 18.0. The largest absolute Gasteiger partial charge is 0.478 e. The number of aliphatic carboxylic acids is 1. The standard InChI is InChI=1S/C23H15ClN4O3S/c24-16-8-5-15(6-9-16)21-26-23(28-27-21)32-20(22(29)30)13-18-17-4-2-1-3-14(17)7-10-19(18)31-12-11-25/h1-10,13H,12H2,(H,29,30)(H,26,27,28)/b20-13-. The van der Waals surface area contributed by atoms with Gasteiger partial charge in [-0.15, -0.1) is 5.10 Å². The molecule has 3 aromatic carbocycles. The number of benzene rings is 3. The molecule has 0 atom stereocenters. The third-order valence-corrected chi connectivity index (χ3v) is 5.62. The van der Waals surface area contributed by atoms with Crippen molar-refractivity contribution >= 4 is 46.2 Å². The van der Waals surface area contributed by atoms with Crippen molar-refractivity contribution < 1.29 is 14.6 Å². The van der Waals surface area contributed by atoms with Gasteiger partial charge in [0.05, 0.1) is 0 Å². The smallest absolute Gasteiger partial charge is 0.342 e. The van der Waals surface area contributed by atoms with Crippen molar-refractivity contribution in [1.29, 1.82) is 5.26 Å². The summed E-state index contributed by atoms with van der Waals surface area (Å²) in [6, 6.07) is 20.1. The summed E-state index contributed by atoms with van der Waals surface area (Å²) in [5, 5.41) is 28.2. The van der Waals surface area contributed by atoms with Crippen molar-refractivity contribution in [2.75, 3.05) is 6.61 Å². The van der Waals surface area contributed by atoms with Crippen LogP contribution in [-0.2, 0) is 4.79 Å². The average molecular weight is 463 g/mol. The minimum absolute atomic E-state index is 0.00446. The Labute approximate surface area is 192 Å². The van der Waals surface area contributed by atoms with Gasteiger partial charge in [0.25, 0.3) is 0 Å². The molecular weight excluding hydrogens is 448 g/mol. The molecule has 9 heteroatoms. The lowest BCUT2D eigenvalue weighted by Crippen LogP contribution is -2.00. The van der Waals surface area contributed by atoms with Gasteiger partial charge in [-0.05, 0) is 58.9 Å². The molecule has 2 N–H and O–H groups in total. The number of thioether (sulfide) groups is 1. The van der Waals surface area contributed by atoms with Gasteiger partial charge < -0.3 is 9.84 Å². The molecule has 32 heavy (non-hydrogen) atoms. The third-order valence-electron chi connectivity index (χ3n) is 4.49. The van der Waals surface area contributed by atoms with Crippen molar-refractivity contribution in [3.8, 4) is 23.2 Å². The number of carbonyl (C=O) groups is 1. The van der Waals surface area contributed by atoms with Gasteiger partial charge in [0.1, 0.15) is 16.7 Å². The molecule has 4 aromatic rings. The van der Waals surface area contributed by atoms with Crippen LogP contribution in [0.15, 0.2) is 70.7 Å². The van der Waals surface area contributed by atoms with Gasteiger partial charge in [0.2, 0.25) is 5.16 Å². The predicted octanol–water partition coefficient (Wildman–Crippen LogP) is 5.40. The van der Waals surface area contributed by atoms with E-state index in [0.29, 0.717) is 22.2 Å². The lowest BCUT2D eigenvalue weighted by atomic mass is 10.0. The lowest BCUT2D eigenvalue weighted by Gasteiger charge is -2.11. The Morgan fingerprint density at radius 2 is 1.97 bits per heavy atom. The number of rotatable bonds is 7. The highest BCUT2D eigenvalue weighted by atomic mass is 35.5. The summed E-state index contributed by atoms with van der Waals surface area (Å²) in [6.45, 7) is -0.153. The fraction of sp³-hybridized carbons (Fsp3) is 0.0435. The van der Waals surface area contributed by atoms with Gasteiger partial charge in [0, 0.05) is 16.1 Å². The van der Waals surface area contributed by atoms with Crippen LogP contribution >= 0.6 is 23.4 Å². The predicted molar refractivity (Wildman–Crippen MR) is 123 cm³/mol. The van der Waals surface area contributed by atoms with Crippen LogP contribution < -0.4 is 4.74 Å². The Balaban J connectivity index is 1.71. The molecule has 0 amide bonds. The molecule has 0 aliphatic carbocycles. The van der Waals surface area contributed by atoms with E-state index in [9.17, 15) is 9.90 Å². The summed E-state index contributed by atoms with van der Waals surface area (Å²) in [5.41, 5.74) is 1.34. The van der Waals surface area contributed by atoms with Crippen molar-refractivity contribution in [3.63, 3.8) is 0 Å². The molecule has 0 unspecified atom stereocenters. The van der Waals surface area contributed by atoms with Crippen LogP contribution in [0.2, 0.25) is 5.02 Å². The van der Waals surface area contributed by atoms with E-state index in [-0.39, 0.29) is 16.7 Å². The summed E-state index contributed by atoms with van der Waals surface area (Å²) in [5.74, 6) is -0.217. The molecule has 1 aromatic heterocycles. The summed E-state index contributed by atoms with van der Waals surface area (Å²) in [4.78, 5) is 16.4. The van der Waals surface area contributed by atoms with Gasteiger partial charge in [0.15, 0.2) is 12.4 Å². The van der Waals surface area contributed by atoms with E-state index < -0.39 is 5.97 Å². The molecule has 0 radical (unpaired) electrons. The highest BCUT2D eigenvalue weighted by Crippen LogP contribution is 2.34. The first-order valence-electron chi connectivity index (χ1n) is 9.38.